The molecule has 2 rings (SSSR count). The number of nitrogens with one attached hydrogen (secondary N) is 1. The van der Waals surface area contributed by atoms with Crippen LogP contribution in [0, 0.1) is 24.4 Å². The van der Waals surface area contributed by atoms with Crippen molar-refractivity contribution in [3.05, 3.63) is 65.0 Å². The molecule has 2 nitrogen and oxygen atoms in total. The lowest BCUT2D eigenvalue weighted by Gasteiger charge is -2.08. The highest BCUT2D eigenvalue weighted by Crippen LogP contribution is 2.19. The first-order chi connectivity index (χ1) is 8.99. The fourth-order valence-electron chi connectivity index (χ4n) is 1.59. The number of anilines is 1. The van der Waals surface area contributed by atoms with E-state index >= 15 is 0 Å². The Kier molecular flexibility index (Phi) is 3.55. The fraction of sp³-hybridized carbons (Fsp3) is 0.0714. The van der Waals surface area contributed by atoms with Crippen LogP contribution in [0.2, 0.25) is 0 Å². The molecule has 0 fully saturated rings. The zero-order valence-corrected chi connectivity index (χ0v) is 10.0. The first-order valence-electron chi connectivity index (χ1n) is 5.50. The lowest BCUT2D eigenvalue weighted by Crippen LogP contribution is -2.14. The van der Waals surface area contributed by atoms with Gasteiger partial charge in [-0.1, -0.05) is 6.07 Å². The van der Waals surface area contributed by atoms with Gasteiger partial charge in [-0.3, -0.25) is 4.79 Å². The molecule has 0 radical (unpaired) electrons. The van der Waals surface area contributed by atoms with E-state index in [1.807, 2.05) is 0 Å². The number of carbonyl (C=O) groups is 1. The van der Waals surface area contributed by atoms with E-state index in [1.54, 1.807) is 0 Å². The number of benzene rings is 2. The van der Waals surface area contributed by atoms with Crippen molar-refractivity contribution in [2.24, 2.45) is 0 Å². The quantitative estimate of drug-likeness (QED) is 0.882. The molecular formula is C14H10F3NO. The zero-order chi connectivity index (χ0) is 14.0. The Bertz CT molecular complexity index is 620. The summed E-state index contributed by atoms with van der Waals surface area (Å²) in [5.41, 5.74) is -0.113. The van der Waals surface area contributed by atoms with E-state index in [0.717, 1.165) is 18.2 Å². The van der Waals surface area contributed by atoms with E-state index in [9.17, 15) is 18.0 Å². The van der Waals surface area contributed by atoms with E-state index in [1.165, 1.54) is 25.1 Å². The monoisotopic (exact) mass is 265 g/mol. The molecule has 5 heteroatoms. The number of amides is 1. The van der Waals surface area contributed by atoms with Crippen LogP contribution in [0.1, 0.15) is 15.9 Å². The smallest absolute Gasteiger partial charge is 0.255 e. The number of halogens is 3. The topological polar surface area (TPSA) is 29.1 Å². The van der Waals surface area contributed by atoms with Crippen LogP contribution in [0.3, 0.4) is 0 Å². The molecule has 19 heavy (non-hydrogen) atoms. The normalized spacial score (nSPS) is 10.3. The number of hydrogen-bond acceptors (Lipinski definition) is 1. The van der Waals surface area contributed by atoms with Crippen LogP contribution in [-0.4, -0.2) is 5.91 Å². The molecular weight excluding hydrogens is 255 g/mol. The number of aryl methyl sites for hydroxylation is 1. The van der Waals surface area contributed by atoms with Gasteiger partial charge in [0.1, 0.15) is 23.1 Å². The van der Waals surface area contributed by atoms with Crippen molar-refractivity contribution in [2.75, 3.05) is 5.32 Å². The summed E-state index contributed by atoms with van der Waals surface area (Å²) in [5.74, 6) is -2.89. The van der Waals surface area contributed by atoms with Crippen molar-refractivity contribution in [3.8, 4) is 0 Å². The molecule has 0 saturated carbocycles. The average Bonchev–Trinajstić information content (AvgIpc) is 2.37. The Labute approximate surface area is 107 Å². The zero-order valence-electron chi connectivity index (χ0n) is 10.0. The van der Waals surface area contributed by atoms with E-state index in [0.29, 0.717) is 0 Å². The second-order valence-corrected chi connectivity index (χ2v) is 4.01. The standard InChI is InChI=1S/C14H10F3NO/c1-8-7-9(5-6-10(8)15)14(19)18-13-11(16)3-2-4-12(13)17/h2-7H,1H3,(H,18,19). The molecule has 0 heterocycles. The largest absolute Gasteiger partial charge is 0.317 e. The SMILES string of the molecule is Cc1cc(C(=O)Nc2c(F)cccc2F)ccc1F. The van der Waals surface area contributed by atoms with Crippen LogP contribution >= 0.6 is 0 Å². The number of carbonyl (C=O) groups excluding carboxylic acids is 1. The Hall–Kier alpha value is -2.30. The van der Waals surface area contributed by atoms with Crippen LogP contribution in [-0.2, 0) is 0 Å². The van der Waals surface area contributed by atoms with Gasteiger partial charge in [-0.25, -0.2) is 13.2 Å². The van der Waals surface area contributed by atoms with Crippen LogP contribution in [0.4, 0.5) is 18.9 Å². The summed E-state index contributed by atoms with van der Waals surface area (Å²) in [4.78, 5) is 11.8. The van der Waals surface area contributed by atoms with E-state index in [4.69, 9.17) is 0 Å². The maximum absolute atomic E-state index is 13.4. The third kappa shape index (κ3) is 2.76. The summed E-state index contributed by atoms with van der Waals surface area (Å²) in [7, 11) is 0. The molecule has 1 amide bonds. The van der Waals surface area contributed by atoms with Gasteiger partial charge in [0, 0.05) is 5.56 Å². The van der Waals surface area contributed by atoms with Crippen molar-refractivity contribution in [2.45, 2.75) is 6.92 Å². The lowest BCUT2D eigenvalue weighted by molar-refractivity contribution is 0.102. The van der Waals surface area contributed by atoms with E-state index in [-0.39, 0.29) is 11.1 Å². The summed E-state index contributed by atoms with van der Waals surface area (Å²) in [6.45, 7) is 1.50. The predicted octanol–water partition coefficient (Wildman–Crippen LogP) is 3.66. The second-order valence-electron chi connectivity index (χ2n) is 4.01. The molecule has 98 valence electrons. The summed E-state index contributed by atoms with van der Waals surface area (Å²) in [5, 5.41) is 2.13. The molecule has 0 aliphatic carbocycles. The highest BCUT2D eigenvalue weighted by atomic mass is 19.1. The Morgan fingerprint density at radius 3 is 2.21 bits per heavy atom. The lowest BCUT2D eigenvalue weighted by atomic mass is 10.1. The number of hydrogen-bond donors (Lipinski definition) is 1. The molecule has 0 bridgehead atoms. The molecule has 0 aliphatic heterocycles. The Balaban J connectivity index is 2.28. The summed E-state index contributed by atoms with van der Waals surface area (Å²) < 4.78 is 39.8. The minimum atomic E-state index is -0.868. The van der Waals surface area contributed by atoms with Gasteiger partial charge >= 0.3 is 0 Å². The van der Waals surface area contributed by atoms with Crippen molar-refractivity contribution in [1.29, 1.82) is 0 Å². The molecule has 0 aromatic heterocycles. The molecule has 2 aromatic carbocycles. The van der Waals surface area contributed by atoms with Crippen LogP contribution in [0.5, 0.6) is 0 Å². The highest BCUT2D eigenvalue weighted by molar-refractivity contribution is 6.04. The van der Waals surface area contributed by atoms with Crippen molar-refractivity contribution >= 4 is 11.6 Å². The van der Waals surface area contributed by atoms with Gasteiger partial charge in [-0.2, -0.15) is 0 Å². The Morgan fingerprint density at radius 2 is 1.63 bits per heavy atom. The maximum Gasteiger partial charge on any atom is 0.255 e. The van der Waals surface area contributed by atoms with Gasteiger partial charge in [-0.15, -0.1) is 0 Å². The predicted molar refractivity (Wildman–Crippen MR) is 65.4 cm³/mol. The fourth-order valence-corrected chi connectivity index (χ4v) is 1.59. The first kappa shape index (κ1) is 13.1. The summed E-state index contributed by atoms with van der Waals surface area (Å²) >= 11 is 0. The van der Waals surface area contributed by atoms with Crippen LogP contribution in [0.15, 0.2) is 36.4 Å². The van der Waals surface area contributed by atoms with Gasteiger partial charge < -0.3 is 5.32 Å². The minimum absolute atomic E-state index is 0.126. The number of para-hydroxylation sites is 1. The van der Waals surface area contributed by atoms with Crippen molar-refractivity contribution < 1.29 is 18.0 Å². The molecule has 1 N–H and O–H groups in total. The number of rotatable bonds is 2. The molecule has 0 spiro atoms. The summed E-state index contributed by atoms with van der Waals surface area (Å²) in [6, 6.07) is 6.95. The van der Waals surface area contributed by atoms with Crippen molar-refractivity contribution in [3.63, 3.8) is 0 Å². The third-order valence-electron chi connectivity index (χ3n) is 2.62. The minimum Gasteiger partial charge on any atom is -0.317 e. The first-order valence-corrected chi connectivity index (χ1v) is 5.50. The van der Waals surface area contributed by atoms with Crippen LogP contribution < -0.4 is 5.32 Å². The average molecular weight is 265 g/mol. The van der Waals surface area contributed by atoms with Crippen LogP contribution in [0.25, 0.3) is 0 Å². The third-order valence-corrected chi connectivity index (χ3v) is 2.62. The van der Waals surface area contributed by atoms with E-state index in [2.05, 4.69) is 5.32 Å². The Morgan fingerprint density at radius 1 is 1.00 bits per heavy atom. The summed E-state index contributed by atoms with van der Waals surface area (Å²) in [6.07, 6.45) is 0. The van der Waals surface area contributed by atoms with Gasteiger partial charge in [0.2, 0.25) is 0 Å². The van der Waals surface area contributed by atoms with Gasteiger partial charge in [0.25, 0.3) is 5.91 Å². The molecule has 0 aliphatic rings. The van der Waals surface area contributed by atoms with Gasteiger partial charge in [0.05, 0.1) is 0 Å². The molecule has 0 saturated heterocycles. The maximum atomic E-state index is 13.4. The highest BCUT2D eigenvalue weighted by Gasteiger charge is 2.14. The van der Waals surface area contributed by atoms with Crippen molar-refractivity contribution in [1.82, 2.24) is 0 Å². The van der Waals surface area contributed by atoms with Gasteiger partial charge in [-0.05, 0) is 42.8 Å². The molecule has 0 unspecified atom stereocenters. The molecule has 0 atom stereocenters. The van der Waals surface area contributed by atoms with Gasteiger partial charge in [0.15, 0.2) is 0 Å². The molecule has 2 aromatic rings. The van der Waals surface area contributed by atoms with E-state index < -0.39 is 29.0 Å². The second kappa shape index (κ2) is 5.14.